The van der Waals surface area contributed by atoms with Crippen molar-refractivity contribution in [1.82, 2.24) is 0 Å². The largest absolute Gasteiger partial charge is 0.204 e. The van der Waals surface area contributed by atoms with Crippen LogP contribution in [0.1, 0.15) is 0 Å². The van der Waals surface area contributed by atoms with Crippen LogP contribution < -0.4 is 5.46 Å². The lowest BCUT2D eigenvalue weighted by molar-refractivity contribution is 0.514. The van der Waals surface area contributed by atoms with Gasteiger partial charge in [0.05, 0.1) is 0 Å². The summed E-state index contributed by atoms with van der Waals surface area (Å²) in [6.07, 6.45) is 0. The van der Waals surface area contributed by atoms with Gasteiger partial charge in [0, 0.05) is 0 Å². The monoisotopic (exact) mass is 124 g/mol. The Kier molecular flexibility index (Phi) is 1.51. The molecule has 0 nitrogen and oxygen atoms in total. The van der Waals surface area contributed by atoms with Crippen LogP contribution in [0, 0.1) is 11.6 Å². The van der Waals surface area contributed by atoms with E-state index >= 15 is 0 Å². The van der Waals surface area contributed by atoms with Crippen molar-refractivity contribution >= 4 is 13.3 Å². The average molecular weight is 124 g/mol. The lowest BCUT2D eigenvalue weighted by atomic mass is 9.96. The Bertz CT molecular complexity index is 202. The van der Waals surface area contributed by atoms with Crippen molar-refractivity contribution in [1.29, 1.82) is 0 Å². The molecule has 1 aromatic rings. The third kappa shape index (κ3) is 1.09. The predicted molar refractivity (Wildman–Crippen MR) is 31.7 cm³/mol. The van der Waals surface area contributed by atoms with Crippen LogP contribution in [0.2, 0.25) is 0 Å². The van der Waals surface area contributed by atoms with Crippen LogP contribution in [-0.2, 0) is 0 Å². The molecule has 0 spiro atoms. The number of benzene rings is 1. The topological polar surface area (TPSA) is 0 Å². The third-order valence-electron chi connectivity index (χ3n) is 0.981. The molecule has 0 atom stereocenters. The molecule has 44 valence electrons. The molecule has 0 saturated carbocycles. The van der Waals surface area contributed by atoms with Gasteiger partial charge in [-0.2, -0.15) is 0 Å². The second kappa shape index (κ2) is 2.17. The van der Waals surface area contributed by atoms with E-state index in [4.69, 9.17) is 7.85 Å². The molecule has 0 aliphatic rings. The van der Waals surface area contributed by atoms with E-state index in [1.54, 1.807) is 0 Å². The van der Waals surface area contributed by atoms with Crippen LogP contribution in [0.25, 0.3) is 0 Å². The van der Waals surface area contributed by atoms with E-state index in [0.29, 0.717) is 0 Å². The van der Waals surface area contributed by atoms with Crippen molar-refractivity contribution < 1.29 is 8.78 Å². The van der Waals surface area contributed by atoms with Crippen molar-refractivity contribution in [2.45, 2.75) is 0 Å². The smallest absolute Gasteiger partial charge is 0.158 e. The summed E-state index contributed by atoms with van der Waals surface area (Å²) in [6, 6.07) is 3.68. The zero-order chi connectivity index (χ0) is 6.85. The molecular weight excluding hydrogens is 121 g/mol. The Morgan fingerprint density at radius 1 is 1.22 bits per heavy atom. The molecule has 0 aromatic heterocycles. The minimum Gasteiger partial charge on any atom is -0.204 e. The van der Waals surface area contributed by atoms with E-state index in [1.807, 2.05) is 0 Å². The quantitative estimate of drug-likeness (QED) is 0.447. The summed E-state index contributed by atoms with van der Waals surface area (Å²) in [5.74, 6) is -1.88. The van der Waals surface area contributed by atoms with Gasteiger partial charge in [-0.3, -0.25) is 0 Å². The number of rotatable bonds is 0. The van der Waals surface area contributed by atoms with Crippen LogP contribution in [0.5, 0.6) is 0 Å². The fraction of sp³-hybridized carbons (Fsp3) is 0. The molecule has 0 unspecified atom stereocenters. The normalized spacial score (nSPS) is 9.56. The maximum atomic E-state index is 12.2. The highest BCUT2D eigenvalue weighted by atomic mass is 19.2. The first-order valence-electron chi connectivity index (χ1n) is 2.41. The molecule has 0 saturated heterocycles. The molecule has 9 heavy (non-hydrogen) atoms. The van der Waals surface area contributed by atoms with Gasteiger partial charge >= 0.3 is 0 Å². The zero-order valence-corrected chi connectivity index (χ0v) is 4.57. The molecule has 0 heterocycles. The lowest BCUT2D eigenvalue weighted by Gasteiger charge is -1.93. The Morgan fingerprint density at radius 3 is 2.33 bits per heavy atom. The number of halogens is 2. The van der Waals surface area contributed by atoms with Crippen molar-refractivity contribution in [3.05, 3.63) is 29.8 Å². The Balaban J connectivity index is 3.25. The van der Waals surface area contributed by atoms with E-state index in [2.05, 4.69) is 0 Å². The second-order valence-corrected chi connectivity index (χ2v) is 1.64. The fourth-order valence-electron chi connectivity index (χ4n) is 0.520. The summed E-state index contributed by atoms with van der Waals surface area (Å²) in [7, 11) is 5.01. The van der Waals surface area contributed by atoms with Gasteiger partial charge in [-0.25, -0.2) is 8.78 Å². The molecule has 0 aliphatic carbocycles. The van der Waals surface area contributed by atoms with Gasteiger partial charge in [0.2, 0.25) is 0 Å². The molecule has 0 N–H and O–H groups in total. The van der Waals surface area contributed by atoms with E-state index < -0.39 is 11.6 Å². The van der Waals surface area contributed by atoms with Crippen LogP contribution >= 0.6 is 0 Å². The van der Waals surface area contributed by atoms with Crippen LogP contribution in [0.15, 0.2) is 18.2 Å². The van der Waals surface area contributed by atoms with Crippen LogP contribution in [-0.4, -0.2) is 7.85 Å². The Hall–Kier alpha value is -0.855. The first-order valence-corrected chi connectivity index (χ1v) is 2.41. The van der Waals surface area contributed by atoms with Crippen molar-refractivity contribution in [2.24, 2.45) is 0 Å². The minimum absolute atomic E-state index is 0.157. The fourth-order valence-corrected chi connectivity index (χ4v) is 0.520. The number of hydrogen-bond donors (Lipinski definition) is 0. The summed E-state index contributed by atoms with van der Waals surface area (Å²) in [4.78, 5) is 0. The predicted octanol–water partition coefficient (Wildman–Crippen LogP) is 0.759. The molecule has 3 heteroatoms. The van der Waals surface area contributed by atoms with Crippen molar-refractivity contribution in [2.75, 3.05) is 0 Å². The second-order valence-electron chi connectivity index (χ2n) is 1.64. The molecule has 1 rings (SSSR count). The Morgan fingerprint density at radius 2 is 1.89 bits per heavy atom. The van der Waals surface area contributed by atoms with Crippen molar-refractivity contribution in [3.8, 4) is 0 Å². The van der Waals surface area contributed by atoms with Gasteiger partial charge < -0.3 is 0 Å². The molecule has 0 aliphatic heterocycles. The van der Waals surface area contributed by atoms with E-state index in [-0.39, 0.29) is 5.46 Å². The van der Waals surface area contributed by atoms with Crippen molar-refractivity contribution in [3.63, 3.8) is 0 Å². The highest BCUT2D eigenvalue weighted by Gasteiger charge is 2.00. The van der Waals surface area contributed by atoms with Gasteiger partial charge in [-0.15, -0.1) is 0 Å². The maximum Gasteiger partial charge on any atom is 0.158 e. The number of hydrogen-bond acceptors (Lipinski definition) is 0. The molecule has 1 aromatic carbocycles. The standard InChI is InChI=1S/C6H3BF2/c7-4-2-1-3-5(8)6(4)9/h1-3H. The summed E-state index contributed by atoms with van der Waals surface area (Å²) in [5.41, 5.74) is -0.157. The highest BCUT2D eigenvalue weighted by molar-refractivity contribution is 6.32. The molecule has 0 amide bonds. The molecule has 0 bridgehead atoms. The lowest BCUT2D eigenvalue weighted by Crippen LogP contribution is -2.09. The van der Waals surface area contributed by atoms with Gasteiger partial charge in [0.15, 0.2) is 11.6 Å². The van der Waals surface area contributed by atoms with Gasteiger partial charge in [0.1, 0.15) is 7.85 Å². The zero-order valence-electron chi connectivity index (χ0n) is 4.57. The average Bonchev–Trinajstić information content (AvgIpc) is 1.83. The van der Waals surface area contributed by atoms with E-state index in [9.17, 15) is 8.78 Å². The summed E-state index contributed by atoms with van der Waals surface area (Å²) in [6.45, 7) is 0. The van der Waals surface area contributed by atoms with Crippen LogP contribution in [0.4, 0.5) is 8.78 Å². The van der Waals surface area contributed by atoms with Crippen LogP contribution in [0.3, 0.4) is 0 Å². The first-order chi connectivity index (χ1) is 4.22. The van der Waals surface area contributed by atoms with Gasteiger partial charge in [-0.05, 0) is 6.07 Å². The minimum atomic E-state index is -0.975. The van der Waals surface area contributed by atoms with E-state index in [1.165, 1.54) is 12.1 Å². The molecule has 2 radical (unpaired) electrons. The Labute approximate surface area is 52.9 Å². The summed E-state index contributed by atoms with van der Waals surface area (Å²) in [5, 5.41) is 0. The van der Waals surface area contributed by atoms with Gasteiger partial charge in [0.25, 0.3) is 0 Å². The highest BCUT2D eigenvalue weighted by Crippen LogP contribution is 1.98. The summed E-state index contributed by atoms with van der Waals surface area (Å²) >= 11 is 0. The molecular formula is C6H3BF2. The molecule has 0 fully saturated rings. The SMILES string of the molecule is [B]c1cccc(F)c1F. The summed E-state index contributed by atoms with van der Waals surface area (Å²) < 4.78 is 24.4. The van der Waals surface area contributed by atoms with E-state index in [0.717, 1.165) is 6.07 Å². The van der Waals surface area contributed by atoms with Gasteiger partial charge in [-0.1, -0.05) is 17.6 Å². The first kappa shape index (κ1) is 6.27. The maximum absolute atomic E-state index is 12.2. The third-order valence-corrected chi connectivity index (χ3v) is 0.981.